The number of hydrogen-bond acceptors (Lipinski definition) is 3. The minimum Gasteiger partial charge on any atom is -0.434 e. The summed E-state index contributed by atoms with van der Waals surface area (Å²) in [6.45, 7) is 12.3. The van der Waals surface area contributed by atoms with Crippen LogP contribution in [0.5, 0.6) is 0 Å². The Morgan fingerprint density at radius 1 is 1.21 bits per heavy atom. The molecule has 3 heteroatoms. The van der Waals surface area contributed by atoms with E-state index in [1.165, 1.54) is 0 Å². The first-order valence-corrected chi connectivity index (χ1v) is 5.06. The average molecular weight is 202 g/mol. The molecule has 14 heavy (non-hydrogen) atoms. The number of carbonyl (C=O) groups is 1. The highest BCUT2D eigenvalue weighted by Crippen LogP contribution is 2.14. The van der Waals surface area contributed by atoms with E-state index in [0.717, 1.165) is 0 Å². The normalized spacial score (nSPS) is 13.9. The molecule has 0 heterocycles. The van der Waals surface area contributed by atoms with Gasteiger partial charge in [-0.25, -0.2) is 4.79 Å². The third-order valence-corrected chi connectivity index (χ3v) is 1.84. The highest BCUT2D eigenvalue weighted by molar-refractivity contribution is 5.60. The highest BCUT2D eigenvalue weighted by atomic mass is 16.7. The lowest BCUT2D eigenvalue weighted by atomic mass is 9.99. The molecule has 1 unspecified atom stereocenters. The molecule has 0 saturated carbocycles. The lowest BCUT2D eigenvalue weighted by Gasteiger charge is -2.20. The summed E-state index contributed by atoms with van der Waals surface area (Å²) in [4.78, 5) is 11.2. The van der Waals surface area contributed by atoms with Crippen LogP contribution in [0.2, 0.25) is 0 Å². The summed E-state index contributed by atoms with van der Waals surface area (Å²) in [7, 11) is 0. The van der Waals surface area contributed by atoms with Gasteiger partial charge in [0.25, 0.3) is 0 Å². The zero-order chi connectivity index (χ0) is 11.4. The second kappa shape index (κ2) is 5.23. The molecule has 3 nitrogen and oxygen atoms in total. The summed E-state index contributed by atoms with van der Waals surface area (Å²) in [5.41, 5.74) is -0.0138. The molecular weight excluding hydrogens is 180 g/mol. The molecule has 0 aromatic rings. The van der Waals surface area contributed by atoms with Gasteiger partial charge in [-0.1, -0.05) is 34.6 Å². The Hall–Kier alpha value is -0.730. The van der Waals surface area contributed by atoms with Crippen molar-refractivity contribution in [2.75, 3.05) is 6.61 Å². The molecule has 0 radical (unpaired) electrons. The van der Waals surface area contributed by atoms with E-state index in [2.05, 4.69) is 0 Å². The summed E-state index contributed by atoms with van der Waals surface area (Å²) >= 11 is 0. The van der Waals surface area contributed by atoms with E-state index in [4.69, 9.17) is 9.47 Å². The van der Waals surface area contributed by atoms with Crippen LogP contribution in [0.4, 0.5) is 4.79 Å². The van der Waals surface area contributed by atoms with Gasteiger partial charge >= 0.3 is 6.16 Å². The first-order valence-electron chi connectivity index (χ1n) is 5.06. The number of hydrogen-bond donors (Lipinski definition) is 0. The molecule has 0 aliphatic carbocycles. The molecule has 0 aliphatic rings. The quantitative estimate of drug-likeness (QED) is 0.659. The fraction of sp³-hybridized carbons (Fsp3) is 0.909. The van der Waals surface area contributed by atoms with Crippen LogP contribution in [0.25, 0.3) is 0 Å². The maximum atomic E-state index is 11.2. The SMILES string of the molecule is CC(C)C(C)OC(=O)OCC(C)(C)C. The first kappa shape index (κ1) is 13.3. The standard InChI is InChI=1S/C11H22O3/c1-8(2)9(3)14-10(12)13-7-11(4,5)6/h8-9H,7H2,1-6H3. The predicted molar refractivity (Wildman–Crippen MR) is 56.2 cm³/mol. The zero-order valence-electron chi connectivity index (χ0n) is 10.1. The minimum atomic E-state index is -0.568. The van der Waals surface area contributed by atoms with Gasteiger partial charge in [0.1, 0.15) is 6.10 Å². The number of carbonyl (C=O) groups excluding carboxylic acids is 1. The van der Waals surface area contributed by atoms with Gasteiger partial charge in [0.2, 0.25) is 0 Å². The van der Waals surface area contributed by atoms with Gasteiger partial charge in [-0.15, -0.1) is 0 Å². The fourth-order valence-corrected chi connectivity index (χ4v) is 0.597. The second-order valence-electron chi connectivity index (χ2n) is 5.17. The van der Waals surface area contributed by atoms with Crippen molar-refractivity contribution in [2.24, 2.45) is 11.3 Å². The summed E-state index contributed by atoms with van der Waals surface area (Å²) in [6.07, 6.45) is -0.663. The molecule has 0 aromatic heterocycles. The maximum Gasteiger partial charge on any atom is 0.508 e. The van der Waals surface area contributed by atoms with E-state index in [1.54, 1.807) is 0 Å². The molecule has 0 N–H and O–H groups in total. The van der Waals surface area contributed by atoms with Crippen molar-refractivity contribution in [3.8, 4) is 0 Å². The molecular formula is C11H22O3. The van der Waals surface area contributed by atoms with Crippen LogP contribution in [0, 0.1) is 11.3 Å². The third-order valence-electron chi connectivity index (χ3n) is 1.84. The number of ether oxygens (including phenoxy) is 2. The van der Waals surface area contributed by atoms with Gasteiger partial charge in [-0.2, -0.15) is 0 Å². The van der Waals surface area contributed by atoms with Crippen molar-refractivity contribution >= 4 is 6.16 Å². The number of rotatable bonds is 3. The Morgan fingerprint density at radius 2 is 1.71 bits per heavy atom. The van der Waals surface area contributed by atoms with Gasteiger partial charge in [0.05, 0.1) is 6.61 Å². The first-order chi connectivity index (χ1) is 6.22. The zero-order valence-corrected chi connectivity index (χ0v) is 10.1. The summed E-state index contributed by atoms with van der Waals surface area (Å²) < 4.78 is 10.0. The van der Waals surface area contributed by atoms with Gasteiger partial charge in [0, 0.05) is 0 Å². The largest absolute Gasteiger partial charge is 0.508 e. The summed E-state index contributed by atoms with van der Waals surface area (Å²) in [5, 5.41) is 0. The topological polar surface area (TPSA) is 35.5 Å². The molecule has 0 saturated heterocycles. The summed E-state index contributed by atoms with van der Waals surface area (Å²) in [5.74, 6) is 0.317. The molecule has 84 valence electrons. The molecule has 1 atom stereocenters. The Bertz CT molecular complexity index is 179. The minimum absolute atomic E-state index is 0.0138. The fourth-order valence-electron chi connectivity index (χ4n) is 0.597. The average Bonchev–Trinajstić information content (AvgIpc) is 1.99. The Labute approximate surface area is 86.8 Å². The lowest BCUT2D eigenvalue weighted by Crippen LogP contribution is -2.24. The van der Waals surface area contributed by atoms with E-state index >= 15 is 0 Å². The second-order valence-corrected chi connectivity index (χ2v) is 5.17. The maximum absolute atomic E-state index is 11.2. The van der Waals surface area contributed by atoms with Crippen molar-refractivity contribution in [1.29, 1.82) is 0 Å². The van der Waals surface area contributed by atoms with Crippen LogP contribution in [-0.4, -0.2) is 18.9 Å². The lowest BCUT2D eigenvalue weighted by molar-refractivity contribution is 0.0000218. The van der Waals surface area contributed by atoms with Gasteiger partial charge in [-0.3, -0.25) is 0 Å². The van der Waals surface area contributed by atoms with Crippen LogP contribution < -0.4 is 0 Å². The molecule has 0 rings (SSSR count). The Morgan fingerprint density at radius 3 is 2.07 bits per heavy atom. The van der Waals surface area contributed by atoms with Crippen LogP contribution in [0.3, 0.4) is 0 Å². The summed E-state index contributed by atoms with van der Waals surface area (Å²) in [6, 6.07) is 0. The molecule has 0 aliphatic heterocycles. The molecule has 0 bridgehead atoms. The van der Waals surface area contributed by atoms with E-state index < -0.39 is 6.16 Å². The molecule has 0 fully saturated rings. The van der Waals surface area contributed by atoms with E-state index in [-0.39, 0.29) is 11.5 Å². The van der Waals surface area contributed by atoms with Crippen molar-refractivity contribution in [3.63, 3.8) is 0 Å². The van der Waals surface area contributed by atoms with Crippen molar-refractivity contribution < 1.29 is 14.3 Å². The van der Waals surface area contributed by atoms with Crippen molar-refractivity contribution in [3.05, 3.63) is 0 Å². The molecule has 0 aromatic carbocycles. The van der Waals surface area contributed by atoms with Crippen molar-refractivity contribution in [2.45, 2.75) is 47.6 Å². The van der Waals surface area contributed by atoms with Crippen LogP contribution in [0.1, 0.15) is 41.5 Å². The predicted octanol–water partition coefficient (Wildman–Crippen LogP) is 3.23. The van der Waals surface area contributed by atoms with Crippen LogP contribution >= 0.6 is 0 Å². The smallest absolute Gasteiger partial charge is 0.434 e. The van der Waals surface area contributed by atoms with Gasteiger partial charge < -0.3 is 9.47 Å². The van der Waals surface area contributed by atoms with Crippen molar-refractivity contribution in [1.82, 2.24) is 0 Å². The van der Waals surface area contributed by atoms with Gasteiger partial charge in [0.15, 0.2) is 0 Å². The van der Waals surface area contributed by atoms with E-state index in [1.807, 2.05) is 41.5 Å². The van der Waals surface area contributed by atoms with Crippen LogP contribution in [-0.2, 0) is 9.47 Å². The third kappa shape index (κ3) is 6.75. The van der Waals surface area contributed by atoms with E-state index in [0.29, 0.717) is 12.5 Å². The molecule has 0 spiro atoms. The highest BCUT2D eigenvalue weighted by Gasteiger charge is 2.17. The molecule has 0 amide bonds. The van der Waals surface area contributed by atoms with Gasteiger partial charge in [-0.05, 0) is 18.3 Å². The Balaban J connectivity index is 3.77. The van der Waals surface area contributed by atoms with Crippen LogP contribution in [0.15, 0.2) is 0 Å². The monoisotopic (exact) mass is 202 g/mol. The van der Waals surface area contributed by atoms with E-state index in [9.17, 15) is 4.79 Å². The Kier molecular flexibility index (Phi) is 4.95.